The predicted octanol–water partition coefficient (Wildman–Crippen LogP) is 15.9. The third-order valence-electron chi connectivity index (χ3n) is 20.1. The van der Waals surface area contributed by atoms with Gasteiger partial charge in [0.15, 0.2) is 22.5 Å². The van der Waals surface area contributed by atoms with E-state index in [2.05, 4.69) is 62.5 Å². The van der Waals surface area contributed by atoms with E-state index in [0.717, 1.165) is 158 Å². The number of halogens is 8. The molecule has 556 valence electrons. The molecule has 4 aromatic carbocycles. The van der Waals surface area contributed by atoms with Gasteiger partial charge in [-0.15, -0.1) is 0 Å². The maximum absolute atomic E-state index is 14.0. The number of aryl methyl sites for hydroxylation is 2. The Bertz CT molecular complexity index is 5130. The smallest absolute Gasteiger partial charge is 0.435 e. The topological polar surface area (TPSA) is 161 Å². The van der Waals surface area contributed by atoms with Crippen LogP contribution in [0.15, 0.2) is 119 Å². The first-order valence-corrected chi connectivity index (χ1v) is 35.5. The second kappa shape index (κ2) is 32.2. The highest BCUT2D eigenvalue weighted by atomic mass is 19.4. The molecule has 0 radical (unpaired) electrons. The summed E-state index contributed by atoms with van der Waals surface area (Å²) in [6.07, 6.45) is -6.51. The number of fused-ring (bicyclic) bond motifs is 12. The normalized spacial score (nSPS) is 15.4. The monoisotopic (exact) mass is 1440 g/mol. The average Bonchev–Trinajstić information content (AvgIpc) is 1.63. The Labute approximate surface area is 597 Å². The van der Waals surface area contributed by atoms with Crippen LogP contribution >= 0.6 is 0 Å². The van der Waals surface area contributed by atoms with Crippen molar-refractivity contribution in [2.24, 2.45) is 0 Å². The Morgan fingerprint density at radius 1 is 0.510 bits per heavy atom. The first kappa shape index (κ1) is 76.2. The first-order chi connectivity index (χ1) is 49.7. The standard InChI is InChI=1S/C20H24F3N3O.C20H24FN3O2.C19H22F3N3O.C19H22FN3O2/c1-5-25(6-2)12-13(3)26-17-11-14(27-4)7-8-15(17)16-9-10-24-19(18(16)26)20(21,22)23;1-13(12-23-6-8-26-9-7-23)24-18-10-15(25-3)4-5-16(18)17-11-19(21)22-14(2)20(17)24;1-4-24(5-2)11-12(3)25-16-10-13(26)6-7-14(16)15-8-9-23-18(17(15)25)19(20,21)22;1-12(11-22-5-7-25-8-6-22)23-17-9-14(24)3-4-15(17)16-10-18(20)21-13(2)19(16)23/h7-11,13H,5-6,12H2,1-4H3;4-5,10-11,13H,6-9,12H2,1-3H3;6-10,12,23H,4-5,11H2,1-3H3;3-4,9-10,12,21H,5-8,11H2,1-2H3. The highest BCUT2D eigenvalue weighted by Crippen LogP contribution is 2.43. The number of hydrogen-bond donors (Lipinski definition) is 2. The lowest BCUT2D eigenvalue weighted by Crippen LogP contribution is -2.39. The van der Waals surface area contributed by atoms with Crippen LogP contribution in [0.1, 0.15) is 102 Å². The molecule has 2 N–H and O–H groups in total. The zero-order chi connectivity index (χ0) is 74.6. The van der Waals surface area contributed by atoms with Crippen molar-refractivity contribution in [3.8, 4) is 11.5 Å². The van der Waals surface area contributed by atoms with Crippen LogP contribution in [0.3, 0.4) is 0 Å². The summed E-state index contributed by atoms with van der Waals surface area (Å²) in [4.78, 5) is 45.9. The van der Waals surface area contributed by atoms with Crippen LogP contribution in [0.5, 0.6) is 11.5 Å². The lowest BCUT2D eigenvalue weighted by atomic mass is 10.1. The van der Waals surface area contributed by atoms with Gasteiger partial charge in [0.1, 0.15) is 17.2 Å². The van der Waals surface area contributed by atoms with E-state index in [1.54, 1.807) is 71.9 Å². The zero-order valence-corrected chi connectivity index (χ0v) is 61.0. The molecular weight excluding hydrogens is 1350 g/mol. The number of H-pyrrole nitrogens is 2. The van der Waals surface area contributed by atoms with Crippen LogP contribution in [-0.2, 0) is 21.8 Å². The molecule has 18 nitrogen and oxygen atoms in total. The number of likely N-dealkylation sites (N-methyl/N-ethyl adjacent to an activating group) is 2. The second-order valence-electron chi connectivity index (χ2n) is 26.9. The minimum Gasteiger partial charge on any atom is -0.497 e. The number of benzene rings is 4. The van der Waals surface area contributed by atoms with Gasteiger partial charge in [0.2, 0.25) is 5.95 Å². The van der Waals surface area contributed by atoms with Crippen LogP contribution in [0.2, 0.25) is 0 Å². The Morgan fingerprint density at radius 3 is 1.41 bits per heavy atom. The summed E-state index contributed by atoms with van der Waals surface area (Å²) < 4.78 is 140. The fourth-order valence-electron chi connectivity index (χ4n) is 15.3. The van der Waals surface area contributed by atoms with Crippen molar-refractivity contribution in [3.63, 3.8) is 0 Å². The van der Waals surface area contributed by atoms with Gasteiger partial charge in [-0.25, -0.2) is 9.97 Å². The molecule has 8 aromatic heterocycles. The lowest BCUT2D eigenvalue weighted by Gasteiger charge is -2.30. The van der Waals surface area contributed by atoms with Crippen LogP contribution in [0.25, 0.3) is 87.2 Å². The number of morpholine rings is 2. The molecule has 2 aliphatic heterocycles. The molecule has 0 aliphatic carbocycles. The van der Waals surface area contributed by atoms with Gasteiger partial charge in [-0.2, -0.15) is 35.1 Å². The van der Waals surface area contributed by atoms with Gasteiger partial charge in [-0.05, 0) is 128 Å². The van der Waals surface area contributed by atoms with Gasteiger partial charge >= 0.3 is 12.4 Å². The van der Waals surface area contributed by atoms with Crippen molar-refractivity contribution in [2.75, 3.05) is 119 Å². The van der Waals surface area contributed by atoms with Crippen LogP contribution < -0.4 is 20.3 Å². The van der Waals surface area contributed by atoms with Gasteiger partial charge in [0.05, 0.1) is 90.5 Å². The summed E-state index contributed by atoms with van der Waals surface area (Å²) in [5.41, 5.74) is 4.97. The Kier molecular flexibility index (Phi) is 23.6. The van der Waals surface area contributed by atoms with Crippen molar-refractivity contribution in [2.45, 2.75) is 106 Å². The second-order valence-corrected chi connectivity index (χ2v) is 26.9. The summed E-state index contributed by atoms with van der Waals surface area (Å²) in [7, 11) is 3.22. The van der Waals surface area contributed by atoms with Crippen molar-refractivity contribution in [1.29, 1.82) is 0 Å². The van der Waals surface area contributed by atoms with Gasteiger partial charge < -0.3 is 57.0 Å². The van der Waals surface area contributed by atoms with E-state index in [9.17, 15) is 44.7 Å². The third-order valence-corrected chi connectivity index (χ3v) is 20.1. The van der Waals surface area contributed by atoms with Gasteiger partial charge in [0, 0.05) is 174 Å². The molecule has 14 rings (SSSR count). The summed E-state index contributed by atoms with van der Waals surface area (Å²) in [6.45, 7) is 33.2. The van der Waals surface area contributed by atoms with E-state index < -0.39 is 29.7 Å². The Balaban J connectivity index is 0.000000139. The summed E-state index contributed by atoms with van der Waals surface area (Å²) >= 11 is 0. The SMILES string of the molecule is CCN(CC)CC(C)n1c2cc(=O)ccc2c2cc[nH]c(C(F)(F)F)c21.CCN(CC)CC(C)n1c2cc(OC)ccc2c2ccnc(C(F)(F)F)c21.COc1ccc2c3cc(F)nc(C)c3n(C(C)CN3CCOCC3)c2c1.Cc1[nH]c(F)cc2c3ccc(=O)cc3n(C(C)CN3CCOCC3)c12. The summed E-state index contributed by atoms with van der Waals surface area (Å²) in [6, 6.07) is 27.1. The number of alkyl halides is 6. The number of rotatable bonds is 18. The number of nitrogens with zero attached hydrogens (tertiary/aromatic N) is 10. The quantitative estimate of drug-likeness (QED) is 0.0619. The van der Waals surface area contributed by atoms with Crippen molar-refractivity contribution >= 4 is 87.2 Å². The lowest BCUT2D eigenvalue weighted by molar-refractivity contribution is -0.140. The number of methoxy groups -OCH3 is 2. The van der Waals surface area contributed by atoms with Crippen molar-refractivity contribution < 1.29 is 54.1 Å². The first-order valence-electron chi connectivity index (χ1n) is 35.5. The maximum Gasteiger partial charge on any atom is 0.435 e. The van der Waals surface area contributed by atoms with Gasteiger partial charge in [-0.3, -0.25) is 19.4 Å². The number of nitrogens with one attached hydrogen (secondary N) is 2. The van der Waals surface area contributed by atoms with E-state index in [-0.39, 0.29) is 52.0 Å². The van der Waals surface area contributed by atoms with Crippen molar-refractivity contribution in [1.82, 2.24) is 57.8 Å². The molecule has 0 bridgehead atoms. The number of hydrogen-bond acceptors (Lipinski definition) is 12. The van der Waals surface area contributed by atoms with E-state index in [0.29, 0.717) is 46.2 Å². The predicted molar refractivity (Wildman–Crippen MR) is 396 cm³/mol. The highest BCUT2D eigenvalue weighted by molar-refractivity contribution is 6.12. The van der Waals surface area contributed by atoms with E-state index in [1.165, 1.54) is 36.7 Å². The molecule has 2 saturated heterocycles. The van der Waals surface area contributed by atoms with Crippen LogP contribution in [0.4, 0.5) is 35.1 Å². The number of pyridine rings is 4. The molecule has 4 atom stereocenters. The molecule has 104 heavy (non-hydrogen) atoms. The Morgan fingerprint density at radius 2 is 0.942 bits per heavy atom. The van der Waals surface area contributed by atoms with Gasteiger partial charge in [-0.1, -0.05) is 27.7 Å². The number of ether oxygens (including phenoxy) is 4. The molecule has 4 unspecified atom stereocenters. The molecule has 26 heteroatoms. The zero-order valence-electron chi connectivity index (χ0n) is 61.0. The molecular formula is C78H92F8N12O6. The molecule has 0 amide bonds. The fraction of sp³-hybridized carbons (Fsp3) is 0.436. The highest BCUT2D eigenvalue weighted by Gasteiger charge is 2.39. The van der Waals surface area contributed by atoms with Crippen LogP contribution in [-0.4, -0.2) is 177 Å². The summed E-state index contributed by atoms with van der Waals surface area (Å²) in [5, 5.41) is 6.17. The molecule has 2 aliphatic rings. The molecule has 0 saturated carbocycles. The minimum atomic E-state index is -4.52. The number of aromatic amines is 2. The maximum atomic E-state index is 14.0. The van der Waals surface area contributed by atoms with Crippen molar-refractivity contribution in [3.05, 3.63) is 165 Å². The molecule has 0 spiro atoms. The Hall–Kier alpha value is -8.92. The van der Waals surface area contributed by atoms with Crippen LogP contribution in [0, 0.1) is 25.7 Å². The van der Waals surface area contributed by atoms with E-state index in [1.807, 2.05) is 79.7 Å². The summed E-state index contributed by atoms with van der Waals surface area (Å²) in [5.74, 6) is 0.608. The van der Waals surface area contributed by atoms with E-state index >= 15 is 0 Å². The molecule has 2 fully saturated rings. The van der Waals surface area contributed by atoms with E-state index in [4.69, 9.17) is 18.9 Å². The number of aromatic nitrogens is 8. The minimum absolute atomic E-state index is 0.0303. The molecule has 10 heterocycles. The average molecular weight is 1450 g/mol. The third kappa shape index (κ3) is 15.9. The fourth-order valence-corrected chi connectivity index (χ4v) is 15.3. The van der Waals surface area contributed by atoms with Gasteiger partial charge in [0.25, 0.3) is 0 Å². The molecule has 12 aromatic rings. The largest absolute Gasteiger partial charge is 0.497 e.